The molecule has 0 saturated heterocycles. The van der Waals surface area contributed by atoms with E-state index in [1.165, 1.54) is 12.4 Å². The molecular formula is C16H18FN3O2. The molecule has 3 rings (SSSR count). The first-order chi connectivity index (χ1) is 10.6. The summed E-state index contributed by atoms with van der Waals surface area (Å²) in [4.78, 5) is 15.9. The molecule has 0 atom stereocenters. The molecule has 2 N–H and O–H groups in total. The van der Waals surface area contributed by atoms with Gasteiger partial charge in [0.15, 0.2) is 0 Å². The molecule has 1 aliphatic rings. The average molecular weight is 303 g/mol. The van der Waals surface area contributed by atoms with E-state index in [0.717, 1.165) is 12.8 Å². The van der Waals surface area contributed by atoms with Gasteiger partial charge >= 0.3 is 0 Å². The van der Waals surface area contributed by atoms with Crippen molar-refractivity contribution in [2.45, 2.75) is 37.8 Å². The molecule has 2 aromatic rings. The van der Waals surface area contributed by atoms with Crippen molar-refractivity contribution in [1.29, 1.82) is 0 Å². The van der Waals surface area contributed by atoms with Crippen LogP contribution in [-0.2, 0) is 11.3 Å². The summed E-state index contributed by atoms with van der Waals surface area (Å²) in [6.45, 7) is 0.197. The molecule has 1 amide bonds. The summed E-state index contributed by atoms with van der Waals surface area (Å²) in [7, 11) is 0. The van der Waals surface area contributed by atoms with E-state index in [0.29, 0.717) is 24.1 Å². The Morgan fingerprint density at radius 3 is 2.82 bits per heavy atom. The Bertz CT molecular complexity index is 664. The summed E-state index contributed by atoms with van der Waals surface area (Å²) in [5.74, 6) is -0.756. The van der Waals surface area contributed by atoms with Crippen LogP contribution >= 0.6 is 0 Å². The van der Waals surface area contributed by atoms with E-state index in [4.69, 9.17) is 0 Å². The lowest BCUT2D eigenvalue weighted by Gasteiger charge is -2.21. The molecule has 1 aliphatic carbocycles. The van der Waals surface area contributed by atoms with Gasteiger partial charge in [-0.1, -0.05) is 6.07 Å². The van der Waals surface area contributed by atoms with E-state index in [-0.39, 0.29) is 18.3 Å². The number of carbonyl (C=O) groups is 1. The van der Waals surface area contributed by atoms with Crippen LogP contribution in [0.5, 0.6) is 0 Å². The molecule has 0 aliphatic heterocycles. The smallest absolute Gasteiger partial charge is 0.252 e. The zero-order chi connectivity index (χ0) is 15.6. The standard InChI is InChI=1S/C16H18FN3O2/c17-13-9-12(3-4-14(13)20-8-7-18-11-20)10-19-15(21)16(22)5-1-2-6-16/h3-4,7-9,11,22H,1-2,5-6,10H2,(H,19,21). The minimum absolute atomic E-state index is 0.197. The lowest BCUT2D eigenvalue weighted by atomic mass is 10.0. The van der Waals surface area contributed by atoms with Crippen LogP contribution in [0.4, 0.5) is 4.39 Å². The normalized spacial score (nSPS) is 16.6. The molecule has 22 heavy (non-hydrogen) atoms. The van der Waals surface area contributed by atoms with Crippen molar-refractivity contribution in [3.63, 3.8) is 0 Å². The van der Waals surface area contributed by atoms with Crippen LogP contribution in [0.1, 0.15) is 31.2 Å². The van der Waals surface area contributed by atoms with Gasteiger partial charge in [-0.25, -0.2) is 9.37 Å². The fourth-order valence-electron chi connectivity index (χ4n) is 2.81. The van der Waals surface area contributed by atoms with Crippen LogP contribution in [-0.4, -0.2) is 26.2 Å². The molecule has 1 saturated carbocycles. The van der Waals surface area contributed by atoms with Crippen molar-refractivity contribution in [1.82, 2.24) is 14.9 Å². The van der Waals surface area contributed by atoms with E-state index in [1.54, 1.807) is 29.1 Å². The van der Waals surface area contributed by atoms with Crippen LogP contribution < -0.4 is 5.32 Å². The van der Waals surface area contributed by atoms with Gasteiger partial charge in [-0.15, -0.1) is 0 Å². The van der Waals surface area contributed by atoms with Crippen molar-refractivity contribution in [3.8, 4) is 5.69 Å². The Hall–Kier alpha value is -2.21. The van der Waals surface area contributed by atoms with Crippen molar-refractivity contribution in [3.05, 3.63) is 48.3 Å². The van der Waals surface area contributed by atoms with E-state index in [9.17, 15) is 14.3 Å². The second kappa shape index (κ2) is 5.88. The predicted molar refractivity (Wildman–Crippen MR) is 78.8 cm³/mol. The number of aliphatic hydroxyl groups is 1. The number of hydrogen-bond acceptors (Lipinski definition) is 3. The molecule has 1 fully saturated rings. The molecule has 0 spiro atoms. The van der Waals surface area contributed by atoms with E-state index < -0.39 is 5.60 Å². The van der Waals surface area contributed by atoms with Crippen LogP contribution in [0.2, 0.25) is 0 Å². The third-order valence-corrected chi connectivity index (χ3v) is 4.10. The van der Waals surface area contributed by atoms with E-state index in [2.05, 4.69) is 10.3 Å². The highest BCUT2D eigenvalue weighted by molar-refractivity contribution is 5.85. The summed E-state index contributed by atoms with van der Waals surface area (Å²) < 4.78 is 15.7. The van der Waals surface area contributed by atoms with Gasteiger partial charge in [0.2, 0.25) is 0 Å². The number of carbonyl (C=O) groups excluding carboxylic acids is 1. The number of nitrogens with zero attached hydrogens (tertiary/aromatic N) is 2. The highest BCUT2D eigenvalue weighted by Gasteiger charge is 2.38. The Morgan fingerprint density at radius 1 is 1.41 bits per heavy atom. The number of hydrogen-bond donors (Lipinski definition) is 2. The lowest BCUT2D eigenvalue weighted by molar-refractivity contribution is -0.139. The Morgan fingerprint density at radius 2 is 2.18 bits per heavy atom. The van der Waals surface area contributed by atoms with Gasteiger partial charge in [-0.2, -0.15) is 0 Å². The molecule has 6 heteroatoms. The Balaban J connectivity index is 1.66. The van der Waals surface area contributed by atoms with Gasteiger partial charge in [-0.05, 0) is 43.4 Å². The number of benzene rings is 1. The van der Waals surface area contributed by atoms with Crippen molar-refractivity contribution in [2.75, 3.05) is 0 Å². The minimum Gasteiger partial charge on any atom is -0.380 e. The van der Waals surface area contributed by atoms with Crippen molar-refractivity contribution in [2.24, 2.45) is 0 Å². The first kappa shape index (κ1) is 14.7. The molecule has 1 aromatic heterocycles. The second-order valence-electron chi connectivity index (χ2n) is 5.68. The fourth-order valence-corrected chi connectivity index (χ4v) is 2.81. The number of nitrogens with one attached hydrogen (secondary N) is 1. The van der Waals surface area contributed by atoms with Crippen molar-refractivity contribution >= 4 is 5.91 Å². The second-order valence-corrected chi connectivity index (χ2v) is 5.68. The molecule has 0 radical (unpaired) electrons. The fraction of sp³-hybridized carbons (Fsp3) is 0.375. The Kier molecular flexibility index (Phi) is 3.94. The zero-order valence-corrected chi connectivity index (χ0v) is 12.1. The highest BCUT2D eigenvalue weighted by atomic mass is 19.1. The SMILES string of the molecule is O=C(NCc1ccc(-n2ccnc2)c(F)c1)C1(O)CCCC1. The summed E-state index contributed by atoms with van der Waals surface area (Å²) in [5, 5.41) is 12.9. The first-order valence-corrected chi connectivity index (χ1v) is 7.36. The number of halogens is 1. The maximum atomic E-state index is 14.1. The summed E-state index contributed by atoms with van der Waals surface area (Å²) in [5.41, 5.74) is -0.201. The van der Waals surface area contributed by atoms with E-state index >= 15 is 0 Å². The molecule has 0 bridgehead atoms. The minimum atomic E-state index is -1.25. The van der Waals surface area contributed by atoms with Crippen molar-refractivity contribution < 1.29 is 14.3 Å². The lowest BCUT2D eigenvalue weighted by Crippen LogP contribution is -2.44. The predicted octanol–water partition coefficient (Wildman–Crippen LogP) is 1.93. The van der Waals surface area contributed by atoms with Gasteiger partial charge in [0.05, 0.1) is 12.0 Å². The van der Waals surface area contributed by atoms with Gasteiger partial charge < -0.3 is 15.0 Å². The summed E-state index contributed by atoms with van der Waals surface area (Å²) in [6.07, 6.45) is 7.47. The molecule has 0 unspecified atom stereocenters. The number of rotatable bonds is 4. The van der Waals surface area contributed by atoms with E-state index in [1.807, 2.05) is 0 Å². The van der Waals surface area contributed by atoms with Gasteiger partial charge in [0.25, 0.3) is 5.91 Å². The van der Waals surface area contributed by atoms with Crippen LogP contribution in [0.15, 0.2) is 36.9 Å². The molecule has 1 aromatic carbocycles. The Labute approximate surface area is 127 Å². The molecular weight excluding hydrogens is 285 g/mol. The highest BCUT2D eigenvalue weighted by Crippen LogP contribution is 2.29. The molecule has 5 nitrogen and oxygen atoms in total. The maximum Gasteiger partial charge on any atom is 0.252 e. The van der Waals surface area contributed by atoms with Gasteiger partial charge in [0, 0.05) is 18.9 Å². The topological polar surface area (TPSA) is 67.2 Å². The van der Waals surface area contributed by atoms with Gasteiger partial charge in [-0.3, -0.25) is 4.79 Å². The number of imidazole rings is 1. The molecule has 1 heterocycles. The number of amides is 1. The largest absolute Gasteiger partial charge is 0.380 e. The third-order valence-electron chi connectivity index (χ3n) is 4.10. The first-order valence-electron chi connectivity index (χ1n) is 7.36. The zero-order valence-electron chi connectivity index (χ0n) is 12.1. The van der Waals surface area contributed by atoms with Gasteiger partial charge in [0.1, 0.15) is 11.4 Å². The van der Waals surface area contributed by atoms with Crippen LogP contribution in [0.3, 0.4) is 0 Å². The summed E-state index contributed by atoms with van der Waals surface area (Å²) in [6, 6.07) is 4.77. The monoisotopic (exact) mass is 303 g/mol. The average Bonchev–Trinajstić information content (AvgIpc) is 3.17. The molecule has 116 valence electrons. The summed E-state index contributed by atoms with van der Waals surface area (Å²) >= 11 is 0. The maximum absolute atomic E-state index is 14.1. The van der Waals surface area contributed by atoms with Crippen LogP contribution in [0.25, 0.3) is 5.69 Å². The quantitative estimate of drug-likeness (QED) is 0.907. The van der Waals surface area contributed by atoms with Crippen LogP contribution in [0, 0.1) is 5.82 Å². The third kappa shape index (κ3) is 2.87. The number of aromatic nitrogens is 2.